The Morgan fingerprint density at radius 3 is 2.58 bits per heavy atom. The predicted octanol–water partition coefficient (Wildman–Crippen LogP) is 4.70. The molecule has 2 aliphatic rings. The molecule has 1 amide bonds. The number of piperidine rings is 1. The molecule has 0 aromatic carbocycles. The summed E-state index contributed by atoms with van der Waals surface area (Å²) in [5.74, 6) is -4.59. The Labute approximate surface area is 231 Å². The van der Waals surface area contributed by atoms with Crippen molar-refractivity contribution in [2.75, 3.05) is 19.6 Å². The van der Waals surface area contributed by atoms with Gasteiger partial charge in [-0.2, -0.15) is 13.2 Å². The lowest BCUT2D eigenvalue weighted by molar-refractivity contribution is -0.145. The van der Waals surface area contributed by atoms with Crippen LogP contribution in [0.3, 0.4) is 0 Å². The monoisotopic (exact) mass is 571 g/mol. The zero-order valence-electron chi connectivity index (χ0n) is 23.4. The fourth-order valence-electron chi connectivity index (χ4n) is 4.31. The summed E-state index contributed by atoms with van der Waals surface area (Å²) in [6, 6.07) is -0.783. The predicted molar refractivity (Wildman–Crippen MR) is 148 cm³/mol. The number of allylic oxidation sites excluding steroid dienone is 4. The summed E-state index contributed by atoms with van der Waals surface area (Å²) in [6.45, 7) is 7.72. The Balaban J connectivity index is 2.36. The number of carbonyl (C=O) groups is 1. The molecule has 0 aromatic heterocycles. The fourth-order valence-corrected chi connectivity index (χ4v) is 4.31. The van der Waals surface area contributed by atoms with Crippen molar-refractivity contribution in [2.24, 2.45) is 15.9 Å². The Hall–Kier alpha value is -3.51. The molecule has 8 nitrogen and oxygen atoms in total. The van der Waals surface area contributed by atoms with Gasteiger partial charge in [0.15, 0.2) is 0 Å². The van der Waals surface area contributed by atoms with E-state index in [4.69, 9.17) is 5.41 Å². The van der Waals surface area contributed by atoms with Gasteiger partial charge in [0.25, 0.3) is 11.8 Å². The second-order valence-electron chi connectivity index (χ2n) is 9.66. The molecule has 1 fully saturated rings. The first-order chi connectivity index (χ1) is 18.8. The molecule has 3 atom stereocenters. The summed E-state index contributed by atoms with van der Waals surface area (Å²) >= 11 is 0. The highest BCUT2D eigenvalue weighted by atomic mass is 19.4. The van der Waals surface area contributed by atoms with Crippen LogP contribution in [-0.2, 0) is 4.79 Å². The Bertz CT molecular complexity index is 1110. The molecular weight excluding hydrogens is 533 g/mol. The normalized spacial score (nSPS) is 24.1. The summed E-state index contributed by atoms with van der Waals surface area (Å²) in [4.78, 5) is 22.8. The topological polar surface area (TPSA) is 105 Å². The van der Waals surface area contributed by atoms with Crippen molar-refractivity contribution < 1.29 is 26.7 Å². The van der Waals surface area contributed by atoms with Crippen LogP contribution in [0.15, 0.2) is 57.1 Å². The molecule has 4 N–H and O–H groups in total. The van der Waals surface area contributed by atoms with Crippen molar-refractivity contribution in [3.05, 3.63) is 47.1 Å². The summed E-state index contributed by atoms with van der Waals surface area (Å²) in [7, 11) is 0. The van der Waals surface area contributed by atoms with Gasteiger partial charge in [-0.05, 0) is 51.0 Å². The molecule has 222 valence electrons. The lowest BCUT2D eigenvalue weighted by atomic mass is 9.87. The Kier molecular flexibility index (Phi) is 11.6. The number of likely N-dealkylation sites (tertiary alicyclic amines) is 1. The molecule has 0 saturated carbocycles. The zero-order valence-corrected chi connectivity index (χ0v) is 23.4. The van der Waals surface area contributed by atoms with Crippen LogP contribution in [0, 0.1) is 11.3 Å². The SMILES string of the molecule is C\C=C(/C=N\C(NCC1C(C)CC(F)(F)CN1C(=O)C(=N)/C(=C\NCC)C1N=CC=CN1)=C(\C)CC)C(F)(F)F. The molecule has 0 radical (unpaired) electrons. The van der Waals surface area contributed by atoms with Crippen molar-refractivity contribution in [1.29, 1.82) is 5.41 Å². The number of rotatable bonds is 11. The van der Waals surface area contributed by atoms with E-state index in [2.05, 4.69) is 25.9 Å². The van der Waals surface area contributed by atoms with Gasteiger partial charge in [0.05, 0.1) is 18.2 Å². The summed E-state index contributed by atoms with van der Waals surface area (Å²) in [5, 5.41) is 17.5. The van der Waals surface area contributed by atoms with E-state index in [1.165, 1.54) is 19.3 Å². The third kappa shape index (κ3) is 8.75. The van der Waals surface area contributed by atoms with Crippen LogP contribution in [0.25, 0.3) is 0 Å². The van der Waals surface area contributed by atoms with Crippen LogP contribution < -0.4 is 16.0 Å². The van der Waals surface area contributed by atoms with Crippen LogP contribution in [0.4, 0.5) is 22.0 Å². The van der Waals surface area contributed by atoms with E-state index in [0.717, 1.165) is 11.0 Å². The quantitative estimate of drug-likeness (QED) is 0.213. The average Bonchev–Trinajstić information content (AvgIpc) is 2.89. The number of nitrogens with zero attached hydrogens (tertiary/aromatic N) is 3. The second-order valence-corrected chi connectivity index (χ2v) is 9.66. The van der Waals surface area contributed by atoms with Gasteiger partial charge in [0.1, 0.15) is 17.7 Å². The number of halogens is 5. The largest absolute Gasteiger partial charge is 0.417 e. The third-order valence-electron chi connectivity index (χ3n) is 6.65. The summed E-state index contributed by atoms with van der Waals surface area (Å²) in [5.41, 5.74) is -0.597. The summed E-state index contributed by atoms with van der Waals surface area (Å²) < 4.78 is 69.0. The van der Waals surface area contributed by atoms with E-state index >= 15 is 0 Å². The van der Waals surface area contributed by atoms with Gasteiger partial charge in [-0.3, -0.25) is 15.2 Å². The molecule has 1 saturated heterocycles. The molecular formula is C27H38F5N7O. The van der Waals surface area contributed by atoms with E-state index in [-0.39, 0.29) is 17.9 Å². The molecule has 0 aliphatic carbocycles. The van der Waals surface area contributed by atoms with Crippen molar-refractivity contribution >= 4 is 24.0 Å². The zero-order chi connectivity index (χ0) is 30.1. The van der Waals surface area contributed by atoms with E-state index < -0.39 is 60.4 Å². The highest BCUT2D eigenvalue weighted by Gasteiger charge is 2.47. The first-order valence-electron chi connectivity index (χ1n) is 13.1. The Morgan fingerprint density at radius 2 is 2.02 bits per heavy atom. The number of alkyl halides is 5. The first kappa shape index (κ1) is 32.7. The van der Waals surface area contributed by atoms with Gasteiger partial charge in [0.2, 0.25) is 0 Å². The van der Waals surface area contributed by atoms with Gasteiger partial charge < -0.3 is 20.9 Å². The molecule has 2 aliphatic heterocycles. The minimum Gasteiger partial charge on any atom is -0.391 e. The number of amides is 1. The van der Waals surface area contributed by atoms with Crippen LogP contribution in [0.5, 0.6) is 0 Å². The van der Waals surface area contributed by atoms with Crippen molar-refractivity contribution in [1.82, 2.24) is 20.9 Å². The maximum Gasteiger partial charge on any atom is 0.417 e. The van der Waals surface area contributed by atoms with E-state index in [1.54, 1.807) is 26.1 Å². The first-order valence-corrected chi connectivity index (χ1v) is 13.1. The minimum absolute atomic E-state index is 0.0493. The van der Waals surface area contributed by atoms with Gasteiger partial charge >= 0.3 is 6.18 Å². The molecule has 2 heterocycles. The number of carbonyl (C=O) groups excluding carboxylic acids is 1. The molecule has 3 unspecified atom stereocenters. The van der Waals surface area contributed by atoms with E-state index in [0.29, 0.717) is 24.8 Å². The second kappa shape index (κ2) is 14.2. The fraction of sp³-hybridized carbons (Fsp3) is 0.556. The lowest BCUT2D eigenvalue weighted by Crippen LogP contribution is -2.60. The van der Waals surface area contributed by atoms with E-state index in [9.17, 15) is 26.7 Å². The van der Waals surface area contributed by atoms with E-state index in [1.807, 2.05) is 13.8 Å². The number of nitrogens with one attached hydrogen (secondary N) is 4. The molecule has 0 spiro atoms. The summed E-state index contributed by atoms with van der Waals surface area (Å²) in [6.07, 6.45) is 2.47. The highest BCUT2D eigenvalue weighted by Crippen LogP contribution is 2.35. The van der Waals surface area contributed by atoms with Crippen molar-refractivity contribution in [3.63, 3.8) is 0 Å². The maximum atomic E-state index is 14.7. The Morgan fingerprint density at radius 1 is 1.32 bits per heavy atom. The van der Waals surface area contributed by atoms with Crippen LogP contribution in [0.1, 0.15) is 47.5 Å². The van der Waals surface area contributed by atoms with Crippen LogP contribution in [0.2, 0.25) is 0 Å². The highest BCUT2D eigenvalue weighted by molar-refractivity contribution is 6.44. The minimum atomic E-state index is -4.58. The van der Waals surface area contributed by atoms with Gasteiger partial charge in [-0.15, -0.1) is 0 Å². The molecule has 0 aromatic rings. The average molecular weight is 572 g/mol. The van der Waals surface area contributed by atoms with Crippen molar-refractivity contribution in [2.45, 2.75) is 71.8 Å². The smallest absolute Gasteiger partial charge is 0.391 e. The molecule has 2 rings (SSSR count). The van der Waals surface area contributed by atoms with Crippen LogP contribution >= 0.6 is 0 Å². The van der Waals surface area contributed by atoms with Crippen LogP contribution in [-0.4, -0.2) is 72.9 Å². The molecule has 0 bridgehead atoms. The van der Waals surface area contributed by atoms with Gasteiger partial charge in [-0.1, -0.05) is 19.9 Å². The standard InChI is InChI=1S/C27H38F5N7O/c1-6-17(4)23(37-13-19(7-2)27(30,31)32)38-15-21-18(5)12-26(28,29)16-39(21)25(40)22(33)20(14-34-8-3)24-35-10-9-11-36-24/h7,9-11,13-14,18,21,24,33-35,38H,6,8,12,15-16H2,1-5H3/b19-7+,20-14+,23-17+,33-22?,37-13-. The number of hydrogen-bond acceptors (Lipinski definition) is 7. The van der Waals surface area contributed by atoms with Gasteiger partial charge in [0, 0.05) is 43.7 Å². The number of aliphatic imine (C=N–C) groups is 2. The lowest BCUT2D eigenvalue weighted by Gasteiger charge is -2.44. The van der Waals surface area contributed by atoms with Gasteiger partial charge in [-0.25, -0.2) is 13.8 Å². The van der Waals surface area contributed by atoms with Crippen molar-refractivity contribution in [3.8, 4) is 0 Å². The molecule has 40 heavy (non-hydrogen) atoms. The number of hydrogen-bond donors (Lipinski definition) is 4. The third-order valence-corrected chi connectivity index (χ3v) is 6.65. The maximum absolute atomic E-state index is 14.7. The molecule has 13 heteroatoms.